The number of thiazole rings is 1. The molecule has 1 heterocycles. The lowest BCUT2D eigenvalue weighted by atomic mass is 9.93. The average Bonchev–Trinajstić information content (AvgIpc) is 2.87. The Kier molecular flexibility index (Phi) is 4.78. The molecule has 0 saturated carbocycles. The average molecular weight is 290 g/mol. The number of nitrogens with zero attached hydrogens (tertiary/aromatic N) is 1. The molecule has 0 bridgehead atoms. The molecule has 4 heteroatoms. The number of rotatable bonds is 5. The summed E-state index contributed by atoms with van der Waals surface area (Å²) in [5.41, 5.74) is 2.48. The van der Waals surface area contributed by atoms with Gasteiger partial charge in [0.2, 0.25) is 0 Å². The molecule has 1 aromatic carbocycles. The lowest BCUT2D eigenvalue weighted by molar-refractivity contribution is 0.305. The molecule has 0 aliphatic carbocycles. The molecule has 0 fully saturated rings. The lowest BCUT2D eigenvalue weighted by Gasteiger charge is -2.14. The Morgan fingerprint density at radius 3 is 2.45 bits per heavy atom. The molecule has 1 aromatic heterocycles. The Morgan fingerprint density at radius 2 is 1.90 bits per heavy atom. The van der Waals surface area contributed by atoms with E-state index < -0.39 is 0 Å². The molecular weight excluding hydrogens is 268 g/mol. The fourth-order valence-electron chi connectivity index (χ4n) is 1.77. The van der Waals surface area contributed by atoms with Gasteiger partial charge in [0.15, 0.2) is 0 Å². The van der Waals surface area contributed by atoms with Crippen molar-refractivity contribution in [2.75, 3.05) is 7.05 Å². The van der Waals surface area contributed by atoms with Crippen molar-refractivity contribution in [3.63, 3.8) is 0 Å². The van der Waals surface area contributed by atoms with E-state index in [-0.39, 0.29) is 5.41 Å². The van der Waals surface area contributed by atoms with Crippen molar-refractivity contribution >= 4 is 11.3 Å². The first-order chi connectivity index (χ1) is 9.49. The number of aromatic nitrogens is 1. The summed E-state index contributed by atoms with van der Waals surface area (Å²) in [6.07, 6.45) is 0. The Bertz CT molecular complexity index is 540. The van der Waals surface area contributed by atoms with Crippen LogP contribution in [0.2, 0.25) is 0 Å². The van der Waals surface area contributed by atoms with Crippen LogP contribution in [-0.2, 0) is 18.6 Å². The minimum Gasteiger partial charge on any atom is -0.486 e. The monoisotopic (exact) mass is 290 g/mol. The van der Waals surface area contributed by atoms with Crippen LogP contribution in [0.3, 0.4) is 0 Å². The molecule has 0 atom stereocenters. The summed E-state index contributed by atoms with van der Waals surface area (Å²) in [4.78, 5) is 4.63. The minimum atomic E-state index is 0.101. The second-order valence-corrected chi connectivity index (χ2v) is 6.78. The maximum absolute atomic E-state index is 5.78. The van der Waals surface area contributed by atoms with E-state index in [2.05, 4.69) is 48.6 Å². The number of benzene rings is 1. The first kappa shape index (κ1) is 15.0. The maximum Gasteiger partial charge on any atom is 0.140 e. The highest BCUT2D eigenvalue weighted by Gasteiger charge is 2.17. The van der Waals surface area contributed by atoms with Gasteiger partial charge in [0.25, 0.3) is 0 Å². The van der Waals surface area contributed by atoms with E-state index in [4.69, 9.17) is 4.74 Å². The van der Waals surface area contributed by atoms with Gasteiger partial charge < -0.3 is 10.1 Å². The molecule has 108 valence electrons. The van der Waals surface area contributed by atoms with Gasteiger partial charge in [-0.2, -0.15) is 0 Å². The zero-order chi connectivity index (χ0) is 14.6. The molecule has 0 spiro atoms. The van der Waals surface area contributed by atoms with Crippen molar-refractivity contribution in [2.45, 2.75) is 39.3 Å². The van der Waals surface area contributed by atoms with Gasteiger partial charge in [-0.05, 0) is 24.7 Å². The molecule has 0 aliphatic heterocycles. The van der Waals surface area contributed by atoms with Gasteiger partial charge in [-0.3, -0.25) is 0 Å². The van der Waals surface area contributed by atoms with Crippen LogP contribution in [0.25, 0.3) is 0 Å². The van der Waals surface area contributed by atoms with Gasteiger partial charge in [-0.15, -0.1) is 11.3 Å². The topological polar surface area (TPSA) is 34.1 Å². The summed E-state index contributed by atoms with van der Waals surface area (Å²) in [6, 6.07) is 8.17. The summed E-state index contributed by atoms with van der Waals surface area (Å²) < 4.78 is 5.78. The molecule has 0 saturated heterocycles. The predicted molar refractivity (Wildman–Crippen MR) is 84.4 cm³/mol. The summed E-state index contributed by atoms with van der Waals surface area (Å²) in [5, 5.41) is 6.27. The van der Waals surface area contributed by atoms with E-state index in [0.717, 1.165) is 23.0 Å². The van der Waals surface area contributed by atoms with Crippen molar-refractivity contribution in [1.29, 1.82) is 0 Å². The fraction of sp³-hybridized carbons (Fsp3) is 0.438. The molecule has 2 rings (SSSR count). The number of ether oxygens (including phenoxy) is 1. The van der Waals surface area contributed by atoms with E-state index in [9.17, 15) is 0 Å². The third-order valence-electron chi connectivity index (χ3n) is 2.99. The van der Waals surface area contributed by atoms with E-state index in [0.29, 0.717) is 6.61 Å². The highest BCUT2D eigenvalue weighted by atomic mass is 32.1. The van der Waals surface area contributed by atoms with Crippen LogP contribution < -0.4 is 10.1 Å². The molecule has 3 nitrogen and oxygen atoms in total. The number of hydrogen-bond donors (Lipinski definition) is 1. The van der Waals surface area contributed by atoms with E-state index in [1.165, 1.54) is 5.56 Å². The van der Waals surface area contributed by atoms with Crippen molar-refractivity contribution in [3.05, 3.63) is 45.9 Å². The molecule has 20 heavy (non-hydrogen) atoms. The van der Waals surface area contributed by atoms with Gasteiger partial charge in [0.05, 0.1) is 5.69 Å². The molecule has 0 radical (unpaired) electrons. The van der Waals surface area contributed by atoms with Crippen molar-refractivity contribution < 1.29 is 4.74 Å². The Labute approximate surface area is 125 Å². The lowest BCUT2D eigenvalue weighted by Crippen LogP contribution is -2.11. The van der Waals surface area contributed by atoms with E-state index in [1.54, 1.807) is 11.3 Å². The van der Waals surface area contributed by atoms with Crippen LogP contribution in [0, 0.1) is 0 Å². The Morgan fingerprint density at radius 1 is 1.20 bits per heavy atom. The van der Waals surface area contributed by atoms with Crippen molar-refractivity contribution in [1.82, 2.24) is 10.3 Å². The standard InChI is InChI=1S/C16H22N2OS/c1-16(2,3)14-11-20-15(18-14)10-19-13-7-5-12(6-8-13)9-17-4/h5-8,11,17H,9-10H2,1-4H3. The summed E-state index contributed by atoms with van der Waals surface area (Å²) in [6.45, 7) is 7.93. The van der Waals surface area contributed by atoms with Crippen LogP contribution >= 0.6 is 11.3 Å². The highest BCUT2D eigenvalue weighted by molar-refractivity contribution is 7.09. The molecule has 2 aromatic rings. The number of nitrogens with one attached hydrogen (secondary N) is 1. The minimum absolute atomic E-state index is 0.101. The van der Waals surface area contributed by atoms with Gasteiger partial charge in [-0.25, -0.2) is 4.98 Å². The SMILES string of the molecule is CNCc1ccc(OCc2nc(C(C)(C)C)cs2)cc1. The second kappa shape index (κ2) is 6.37. The molecule has 1 N–H and O–H groups in total. The first-order valence-corrected chi connectivity index (χ1v) is 7.68. The largest absolute Gasteiger partial charge is 0.486 e. The third-order valence-corrected chi connectivity index (χ3v) is 3.81. The highest BCUT2D eigenvalue weighted by Crippen LogP contribution is 2.24. The van der Waals surface area contributed by atoms with Gasteiger partial charge in [0.1, 0.15) is 17.4 Å². The van der Waals surface area contributed by atoms with Gasteiger partial charge >= 0.3 is 0 Å². The van der Waals surface area contributed by atoms with Crippen LogP contribution in [0.15, 0.2) is 29.6 Å². The third kappa shape index (κ3) is 4.05. The fourth-order valence-corrected chi connectivity index (χ4v) is 2.71. The quantitative estimate of drug-likeness (QED) is 0.911. The van der Waals surface area contributed by atoms with E-state index >= 15 is 0 Å². The normalized spacial score (nSPS) is 11.6. The maximum atomic E-state index is 5.78. The van der Waals surface area contributed by atoms with Crippen LogP contribution in [0.4, 0.5) is 0 Å². The Balaban J connectivity index is 1.93. The molecule has 0 unspecified atom stereocenters. The molecule has 0 aliphatic rings. The van der Waals surface area contributed by atoms with Crippen molar-refractivity contribution in [3.8, 4) is 5.75 Å². The number of hydrogen-bond acceptors (Lipinski definition) is 4. The zero-order valence-electron chi connectivity index (χ0n) is 12.6. The van der Waals surface area contributed by atoms with E-state index in [1.807, 2.05) is 19.2 Å². The summed E-state index contributed by atoms with van der Waals surface area (Å²) in [5.74, 6) is 0.886. The summed E-state index contributed by atoms with van der Waals surface area (Å²) in [7, 11) is 1.94. The van der Waals surface area contributed by atoms with Crippen LogP contribution in [0.1, 0.15) is 37.0 Å². The molecular formula is C16H22N2OS. The summed E-state index contributed by atoms with van der Waals surface area (Å²) >= 11 is 1.66. The van der Waals surface area contributed by atoms with Crippen LogP contribution in [-0.4, -0.2) is 12.0 Å². The van der Waals surface area contributed by atoms with Gasteiger partial charge in [0, 0.05) is 17.3 Å². The van der Waals surface area contributed by atoms with Gasteiger partial charge in [-0.1, -0.05) is 32.9 Å². The van der Waals surface area contributed by atoms with Crippen LogP contribution in [0.5, 0.6) is 5.75 Å². The first-order valence-electron chi connectivity index (χ1n) is 6.80. The predicted octanol–water partition coefficient (Wildman–Crippen LogP) is 3.74. The molecule has 0 amide bonds. The Hall–Kier alpha value is -1.39. The van der Waals surface area contributed by atoms with Crippen molar-refractivity contribution in [2.24, 2.45) is 0 Å². The second-order valence-electron chi connectivity index (χ2n) is 5.84. The smallest absolute Gasteiger partial charge is 0.140 e. The zero-order valence-corrected chi connectivity index (χ0v) is 13.4.